The number of hydrogen-bond acceptors (Lipinski definition) is 2. The zero-order valence-electron chi connectivity index (χ0n) is 10.3. The summed E-state index contributed by atoms with van der Waals surface area (Å²) in [5, 5.41) is 7.30. The van der Waals surface area contributed by atoms with Gasteiger partial charge in [0, 0.05) is 19.1 Å². The largest absolute Gasteiger partial charge is 0.335 e. The first-order valence-corrected chi connectivity index (χ1v) is 7.26. The van der Waals surface area contributed by atoms with E-state index in [9.17, 15) is 4.79 Å². The van der Waals surface area contributed by atoms with E-state index in [1.807, 2.05) is 4.90 Å². The van der Waals surface area contributed by atoms with Gasteiger partial charge in [0.05, 0.1) is 0 Å². The maximum absolute atomic E-state index is 12.0. The lowest BCUT2D eigenvalue weighted by Gasteiger charge is -2.28. The van der Waals surface area contributed by atoms with Crippen molar-refractivity contribution < 1.29 is 4.79 Å². The van der Waals surface area contributed by atoms with Crippen LogP contribution in [0.3, 0.4) is 0 Å². The molecular formula is C13H20N2OS. The first-order chi connectivity index (χ1) is 8.25. The monoisotopic (exact) mass is 252 g/mol. The fourth-order valence-corrected chi connectivity index (χ4v) is 2.89. The highest BCUT2D eigenvalue weighted by molar-refractivity contribution is 7.07. The lowest BCUT2D eigenvalue weighted by Crippen LogP contribution is -2.46. The van der Waals surface area contributed by atoms with E-state index in [2.05, 4.69) is 29.1 Å². The van der Waals surface area contributed by atoms with E-state index in [1.165, 1.54) is 12.0 Å². The third-order valence-electron chi connectivity index (χ3n) is 3.14. The zero-order chi connectivity index (χ0) is 12.1. The van der Waals surface area contributed by atoms with Crippen LogP contribution in [0, 0.1) is 0 Å². The normalized spacial score (nSPS) is 17.8. The number of carbonyl (C=O) groups is 1. The van der Waals surface area contributed by atoms with Crippen molar-refractivity contribution in [3.8, 4) is 0 Å². The molecule has 2 heterocycles. The Morgan fingerprint density at radius 1 is 1.47 bits per heavy atom. The van der Waals surface area contributed by atoms with Gasteiger partial charge in [0.25, 0.3) is 0 Å². The molecule has 2 amide bonds. The molecule has 17 heavy (non-hydrogen) atoms. The van der Waals surface area contributed by atoms with E-state index in [1.54, 1.807) is 11.3 Å². The van der Waals surface area contributed by atoms with Crippen molar-refractivity contribution in [2.45, 2.75) is 38.6 Å². The molecule has 94 valence electrons. The molecule has 0 radical (unpaired) electrons. The molecule has 0 aromatic carbocycles. The third-order valence-corrected chi connectivity index (χ3v) is 3.87. The zero-order valence-corrected chi connectivity index (χ0v) is 11.1. The summed E-state index contributed by atoms with van der Waals surface area (Å²) in [4.78, 5) is 13.9. The highest BCUT2D eigenvalue weighted by Gasteiger charge is 2.17. The molecule has 4 heteroatoms. The molecule has 1 saturated heterocycles. The van der Waals surface area contributed by atoms with Crippen molar-refractivity contribution in [2.75, 3.05) is 13.1 Å². The number of carbonyl (C=O) groups excluding carboxylic acids is 1. The number of thiophene rings is 1. The third kappa shape index (κ3) is 3.73. The molecule has 0 aliphatic carbocycles. The molecule has 0 spiro atoms. The van der Waals surface area contributed by atoms with Crippen LogP contribution in [0.1, 0.15) is 31.7 Å². The molecule has 1 aromatic heterocycles. The maximum Gasteiger partial charge on any atom is 0.317 e. The van der Waals surface area contributed by atoms with E-state index in [0.717, 1.165) is 32.4 Å². The molecule has 0 bridgehead atoms. The second-order valence-corrected chi connectivity index (χ2v) is 5.51. The van der Waals surface area contributed by atoms with Gasteiger partial charge in [-0.2, -0.15) is 11.3 Å². The first-order valence-electron chi connectivity index (χ1n) is 6.32. The summed E-state index contributed by atoms with van der Waals surface area (Å²) in [6.45, 7) is 3.90. The van der Waals surface area contributed by atoms with Crippen molar-refractivity contribution in [3.63, 3.8) is 0 Å². The Morgan fingerprint density at radius 2 is 2.24 bits per heavy atom. The van der Waals surface area contributed by atoms with Crippen molar-refractivity contribution in [3.05, 3.63) is 22.4 Å². The summed E-state index contributed by atoms with van der Waals surface area (Å²) >= 11 is 1.71. The quantitative estimate of drug-likeness (QED) is 0.881. The summed E-state index contributed by atoms with van der Waals surface area (Å²) in [5.74, 6) is 0. The van der Waals surface area contributed by atoms with Crippen molar-refractivity contribution >= 4 is 17.4 Å². The molecule has 2 rings (SSSR count). The van der Waals surface area contributed by atoms with Crippen LogP contribution in [0.15, 0.2) is 16.8 Å². The lowest BCUT2D eigenvalue weighted by atomic mass is 10.1. The van der Waals surface area contributed by atoms with Crippen LogP contribution in [0.4, 0.5) is 4.79 Å². The van der Waals surface area contributed by atoms with E-state index in [4.69, 9.17) is 0 Å². The number of urea groups is 1. The average molecular weight is 252 g/mol. The minimum atomic E-state index is 0.104. The number of likely N-dealkylation sites (tertiary alicyclic amines) is 1. The Labute approximate surface area is 107 Å². The van der Waals surface area contributed by atoms with E-state index in [0.29, 0.717) is 0 Å². The second kappa shape index (κ2) is 6.05. The van der Waals surface area contributed by atoms with Gasteiger partial charge in [-0.05, 0) is 55.0 Å². The molecule has 1 fully saturated rings. The van der Waals surface area contributed by atoms with Crippen LogP contribution >= 0.6 is 11.3 Å². The van der Waals surface area contributed by atoms with Gasteiger partial charge in [-0.1, -0.05) is 0 Å². The highest BCUT2D eigenvalue weighted by atomic mass is 32.1. The smallest absolute Gasteiger partial charge is 0.317 e. The number of rotatable bonds is 3. The predicted molar refractivity (Wildman–Crippen MR) is 71.4 cm³/mol. The SMILES string of the molecule is CC(Cc1ccsc1)NC(=O)N1CCCCC1. The summed E-state index contributed by atoms with van der Waals surface area (Å²) < 4.78 is 0. The Bertz CT molecular complexity index is 344. The van der Waals surface area contributed by atoms with Crippen LogP contribution in [-0.4, -0.2) is 30.1 Å². The molecule has 1 N–H and O–H groups in total. The Kier molecular flexibility index (Phi) is 4.42. The van der Waals surface area contributed by atoms with E-state index >= 15 is 0 Å². The fourth-order valence-electron chi connectivity index (χ4n) is 2.21. The topological polar surface area (TPSA) is 32.3 Å². The molecule has 1 aliphatic heterocycles. The number of nitrogens with zero attached hydrogens (tertiary/aromatic N) is 1. The molecule has 3 nitrogen and oxygen atoms in total. The first kappa shape index (κ1) is 12.4. The highest BCUT2D eigenvalue weighted by Crippen LogP contribution is 2.11. The molecular weight excluding hydrogens is 232 g/mol. The van der Waals surface area contributed by atoms with Gasteiger partial charge in [-0.3, -0.25) is 0 Å². The van der Waals surface area contributed by atoms with Gasteiger partial charge in [-0.15, -0.1) is 0 Å². The molecule has 1 atom stereocenters. The van der Waals surface area contributed by atoms with Gasteiger partial charge < -0.3 is 10.2 Å². The van der Waals surface area contributed by atoms with Crippen LogP contribution in [0.5, 0.6) is 0 Å². The fraction of sp³-hybridized carbons (Fsp3) is 0.615. The minimum Gasteiger partial charge on any atom is -0.335 e. The van der Waals surface area contributed by atoms with Gasteiger partial charge in [0.2, 0.25) is 0 Å². The molecule has 1 unspecified atom stereocenters. The van der Waals surface area contributed by atoms with Gasteiger partial charge >= 0.3 is 6.03 Å². The summed E-state index contributed by atoms with van der Waals surface area (Å²) in [6.07, 6.45) is 4.47. The van der Waals surface area contributed by atoms with Gasteiger partial charge in [-0.25, -0.2) is 4.79 Å². The van der Waals surface area contributed by atoms with Crippen LogP contribution < -0.4 is 5.32 Å². The number of hydrogen-bond donors (Lipinski definition) is 1. The summed E-state index contributed by atoms with van der Waals surface area (Å²) in [7, 11) is 0. The molecule has 0 saturated carbocycles. The van der Waals surface area contributed by atoms with E-state index in [-0.39, 0.29) is 12.1 Å². The van der Waals surface area contributed by atoms with E-state index < -0.39 is 0 Å². The molecule has 1 aliphatic rings. The van der Waals surface area contributed by atoms with Crippen molar-refractivity contribution in [1.82, 2.24) is 10.2 Å². The van der Waals surface area contributed by atoms with Gasteiger partial charge in [0.15, 0.2) is 0 Å². The van der Waals surface area contributed by atoms with Crippen LogP contribution in [0.25, 0.3) is 0 Å². The number of amides is 2. The van der Waals surface area contributed by atoms with Crippen LogP contribution in [0.2, 0.25) is 0 Å². The molecule has 1 aromatic rings. The van der Waals surface area contributed by atoms with Crippen molar-refractivity contribution in [1.29, 1.82) is 0 Å². The Hall–Kier alpha value is -1.03. The maximum atomic E-state index is 12.0. The lowest BCUT2D eigenvalue weighted by molar-refractivity contribution is 0.183. The Balaban J connectivity index is 1.77. The van der Waals surface area contributed by atoms with Gasteiger partial charge in [0.1, 0.15) is 0 Å². The Morgan fingerprint density at radius 3 is 2.88 bits per heavy atom. The second-order valence-electron chi connectivity index (χ2n) is 4.73. The predicted octanol–water partition coefficient (Wildman–Crippen LogP) is 2.87. The summed E-state index contributed by atoms with van der Waals surface area (Å²) in [5.41, 5.74) is 1.31. The minimum absolute atomic E-state index is 0.104. The summed E-state index contributed by atoms with van der Waals surface area (Å²) in [6, 6.07) is 2.43. The number of nitrogens with one attached hydrogen (secondary N) is 1. The van der Waals surface area contributed by atoms with Crippen LogP contribution in [-0.2, 0) is 6.42 Å². The average Bonchev–Trinajstić information content (AvgIpc) is 2.82. The number of piperidine rings is 1. The van der Waals surface area contributed by atoms with Crippen molar-refractivity contribution in [2.24, 2.45) is 0 Å². The standard InChI is InChI=1S/C13H20N2OS/c1-11(9-12-5-8-17-10-12)14-13(16)15-6-3-2-4-7-15/h5,8,10-11H,2-4,6-7,9H2,1H3,(H,14,16).